The van der Waals surface area contributed by atoms with Gasteiger partial charge in [-0.2, -0.15) is 0 Å². The lowest BCUT2D eigenvalue weighted by atomic mass is 10.2. The zero-order chi connectivity index (χ0) is 7.56. The van der Waals surface area contributed by atoms with E-state index >= 15 is 0 Å². The number of terminal acetylenes is 1. The standard InChI is InChI=1S/C8H4FI/c1-2-6-7(9)4-3-5-8(6)10/h1,3-5H. The molecule has 0 aliphatic carbocycles. The molecule has 0 unspecified atom stereocenters. The van der Waals surface area contributed by atoms with Gasteiger partial charge in [-0.1, -0.05) is 12.0 Å². The summed E-state index contributed by atoms with van der Waals surface area (Å²) in [4.78, 5) is 0. The fraction of sp³-hybridized carbons (Fsp3) is 0. The van der Waals surface area contributed by atoms with E-state index in [0.29, 0.717) is 5.56 Å². The summed E-state index contributed by atoms with van der Waals surface area (Å²) >= 11 is 2.00. The van der Waals surface area contributed by atoms with Crippen LogP contribution >= 0.6 is 22.6 Å². The van der Waals surface area contributed by atoms with Gasteiger partial charge >= 0.3 is 0 Å². The second-order valence-electron chi connectivity index (χ2n) is 1.74. The van der Waals surface area contributed by atoms with Crippen LogP contribution in [0, 0.1) is 21.7 Å². The Morgan fingerprint density at radius 2 is 2.20 bits per heavy atom. The monoisotopic (exact) mass is 246 g/mol. The van der Waals surface area contributed by atoms with Crippen molar-refractivity contribution in [1.82, 2.24) is 0 Å². The second-order valence-corrected chi connectivity index (χ2v) is 2.90. The topological polar surface area (TPSA) is 0 Å². The van der Waals surface area contributed by atoms with Gasteiger partial charge in [-0.3, -0.25) is 0 Å². The van der Waals surface area contributed by atoms with Gasteiger partial charge in [-0.05, 0) is 34.7 Å². The number of rotatable bonds is 0. The fourth-order valence-corrected chi connectivity index (χ4v) is 1.26. The molecular weight excluding hydrogens is 242 g/mol. The molecule has 0 saturated heterocycles. The molecule has 0 aromatic heterocycles. The maximum Gasteiger partial charge on any atom is 0.139 e. The Bertz CT molecular complexity index is 266. The minimum absolute atomic E-state index is 0.325. The highest BCUT2D eigenvalue weighted by molar-refractivity contribution is 14.1. The van der Waals surface area contributed by atoms with Crippen LogP contribution in [0.2, 0.25) is 0 Å². The first-order valence-electron chi connectivity index (χ1n) is 2.66. The normalized spacial score (nSPS) is 8.90. The first-order chi connectivity index (χ1) is 4.75. The Morgan fingerprint density at radius 1 is 1.50 bits per heavy atom. The fourth-order valence-electron chi connectivity index (χ4n) is 0.636. The van der Waals surface area contributed by atoms with Crippen LogP contribution in [0.3, 0.4) is 0 Å². The molecule has 0 spiro atoms. The van der Waals surface area contributed by atoms with Crippen molar-refractivity contribution < 1.29 is 4.39 Å². The van der Waals surface area contributed by atoms with E-state index in [1.165, 1.54) is 6.07 Å². The van der Waals surface area contributed by atoms with Gasteiger partial charge in [0.15, 0.2) is 0 Å². The van der Waals surface area contributed by atoms with Crippen LogP contribution < -0.4 is 0 Å². The molecule has 0 saturated carbocycles. The molecule has 0 bridgehead atoms. The highest BCUT2D eigenvalue weighted by Crippen LogP contribution is 2.13. The zero-order valence-corrected chi connectivity index (χ0v) is 7.22. The third-order valence-electron chi connectivity index (χ3n) is 1.11. The molecule has 0 atom stereocenters. The minimum atomic E-state index is -0.325. The average Bonchev–Trinajstić information content (AvgIpc) is 1.88. The molecule has 0 aliphatic rings. The lowest BCUT2D eigenvalue weighted by molar-refractivity contribution is 0.623. The first kappa shape index (κ1) is 7.55. The molecule has 50 valence electrons. The van der Waals surface area contributed by atoms with E-state index in [2.05, 4.69) is 5.92 Å². The molecule has 1 rings (SSSR count). The smallest absolute Gasteiger partial charge is 0.139 e. The quantitative estimate of drug-likeness (QED) is 0.487. The maximum absolute atomic E-state index is 12.7. The Labute approximate surface area is 72.6 Å². The molecule has 1 aromatic carbocycles. The second kappa shape index (κ2) is 3.02. The number of hydrogen-bond acceptors (Lipinski definition) is 0. The van der Waals surface area contributed by atoms with Crippen LogP contribution in [0.1, 0.15) is 5.56 Å². The van der Waals surface area contributed by atoms with Gasteiger partial charge in [-0.15, -0.1) is 6.42 Å². The van der Waals surface area contributed by atoms with Crippen LogP contribution in [0.15, 0.2) is 18.2 Å². The molecule has 0 radical (unpaired) electrons. The third kappa shape index (κ3) is 1.29. The molecule has 0 heterocycles. The van der Waals surface area contributed by atoms with Crippen LogP contribution in [-0.2, 0) is 0 Å². The molecule has 10 heavy (non-hydrogen) atoms. The van der Waals surface area contributed by atoms with Crippen LogP contribution in [0.5, 0.6) is 0 Å². The summed E-state index contributed by atoms with van der Waals surface area (Å²) in [6.45, 7) is 0. The summed E-state index contributed by atoms with van der Waals surface area (Å²) in [6.07, 6.45) is 5.06. The van der Waals surface area contributed by atoms with Gasteiger partial charge in [0.2, 0.25) is 0 Å². The Hall–Kier alpha value is -0.560. The van der Waals surface area contributed by atoms with Gasteiger partial charge in [0.1, 0.15) is 5.82 Å². The van der Waals surface area contributed by atoms with Crippen LogP contribution in [0.25, 0.3) is 0 Å². The van der Waals surface area contributed by atoms with E-state index in [-0.39, 0.29) is 5.82 Å². The lowest BCUT2D eigenvalue weighted by Gasteiger charge is -1.95. The van der Waals surface area contributed by atoms with Gasteiger partial charge in [0.25, 0.3) is 0 Å². The highest BCUT2D eigenvalue weighted by atomic mass is 127. The lowest BCUT2D eigenvalue weighted by Crippen LogP contribution is -1.85. The van der Waals surface area contributed by atoms with Crippen molar-refractivity contribution in [3.05, 3.63) is 33.1 Å². The number of benzene rings is 1. The predicted molar refractivity (Wildman–Crippen MR) is 47.1 cm³/mol. The maximum atomic E-state index is 12.7. The van der Waals surface area contributed by atoms with Crippen molar-refractivity contribution in [1.29, 1.82) is 0 Å². The summed E-state index contributed by atoms with van der Waals surface area (Å²) in [6, 6.07) is 4.77. The van der Waals surface area contributed by atoms with E-state index in [4.69, 9.17) is 6.42 Å². The molecule has 2 heteroatoms. The van der Waals surface area contributed by atoms with Crippen molar-refractivity contribution in [3.63, 3.8) is 0 Å². The predicted octanol–water partition coefficient (Wildman–Crippen LogP) is 2.41. The summed E-state index contributed by atoms with van der Waals surface area (Å²) < 4.78 is 13.5. The van der Waals surface area contributed by atoms with E-state index in [1.54, 1.807) is 12.1 Å². The van der Waals surface area contributed by atoms with Crippen molar-refractivity contribution in [2.45, 2.75) is 0 Å². The zero-order valence-electron chi connectivity index (χ0n) is 5.07. The summed E-state index contributed by atoms with van der Waals surface area (Å²) in [7, 11) is 0. The average molecular weight is 246 g/mol. The van der Waals surface area contributed by atoms with E-state index in [0.717, 1.165) is 3.57 Å². The highest BCUT2D eigenvalue weighted by Gasteiger charge is 2.00. The summed E-state index contributed by atoms with van der Waals surface area (Å²) in [5.74, 6) is 1.96. The number of halogens is 2. The van der Waals surface area contributed by atoms with Crippen molar-refractivity contribution in [2.75, 3.05) is 0 Å². The van der Waals surface area contributed by atoms with Crippen LogP contribution in [0.4, 0.5) is 4.39 Å². The van der Waals surface area contributed by atoms with E-state index < -0.39 is 0 Å². The van der Waals surface area contributed by atoms with Gasteiger partial charge in [-0.25, -0.2) is 4.39 Å². The van der Waals surface area contributed by atoms with Crippen molar-refractivity contribution in [3.8, 4) is 12.3 Å². The van der Waals surface area contributed by atoms with Gasteiger partial charge in [0, 0.05) is 3.57 Å². The molecule has 1 aromatic rings. The SMILES string of the molecule is C#Cc1c(F)cccc1I. The Balaban J connectivity index is 3.34. The largest absolute Gasteiger partial charge is 0.206 e. The van der Waals surface area contributed by atoms with Gasteiger partial charge < -0.3 is 0 Å². The Morgan fingerprint density at radius 3 is 2.60 bits per heavy atom. The molecule has 0 fully saturated rings. The number of hydrogen-bond donors (Lipinski definition) is 0. The molecule has 0 aliphatic heterocycles. The molecule has 0 amide bonds. The molecule has 0 nitrogen and oxygen atoms in total. The van der Waals surface area contributed by atoms with Crippen molar-refractivity contribution in [2.24, 2.45) is 0 Å². The molecule has 0 N–H and O–H groups in total. The minimum Gasteiger partial charge on any atom is -0.206 e. The first-order valence-corrected chi connectivity index (χ1v) is 3.74. The van der Waals surface area contributed by atoms with Gasteiger partial charge in [0.05, 0.1) is 5.56 Å². The third-order valence-corrected chi connectivity index (χ3v) is 2.01. The summed E-state index contributed by atoms with van der Waals surface area (Å²) in [5.41, 5.74) is 0.350. The van der Waals surface area contributed by atoms with Crippen LogP contribution in [-0.4, -0.2) is 0 Å². The molecular formula is C8H4FI. The van der Waals surface area contributed by atoms with E-state index in [1.807, 2.05) is 22.6 Å². The summed E-state index contributed by atoms with van der Waals surface area (Å²) in [5, 5.41) is 0. The van der Waals surface area contributed by atoms with E-state index in [9.17, 15) is 4.39 Å². The van der Waals surface area contributed by atoms with Crippen molar-refractivity contribution >= 4 is 22.6 Å². The Kier molecular flexibility index (Phi) is 2.28.